The minimum Gasteiger partial charge on any atom is -0.451 e. The molecule has 10 heteroatoms. The number of halogens is 2. The Hall–Kier alpha value is -2.91. The predicted octanol–water partition coefficient (Wildman–Crippen LogP) is 0.522. The molecule has 0 saturated carbocycles. The number of aromatic nitrogens is 4. The van der Waals surface area contributed by atoms with Gasteiger partial charge in [-0.05, 0) is 29.5 Å². The van der Waals surface area contributed by atoms with Crippen molar-refractivity contribution in [2.24, 2.45) is 0 Å². The molecule has 2 aromatic rings. The smallest absolute Gasteiger partial charge is 0.328 e. The van der Waals surface area contributed by atoms with E-state index in [0.29, 0.717) is 6.07 Å². The summed E-state index contributed by atoms with van der Waals surface area (Å²) < 4.78 is 32.1. The van der Waals surface area contributed by atoms with Crippen LogP contribution in [0.2, 0.25) is 0 Å². The lowest BCUT2D eigenvalue weighted by Gasteiger charge is -2.13. The maximum Gasteiger partial charge on any atom is 0.328 e. The third-order valence-electron chi connectivity index (χ3n) is 2.55. The van der Waals surface area contributed by atoms with Gasteiger partial charge in [-0.2, -0.15) is 0 Å². The molecule has 1 heterocycles. The van der Waals surface area contributed by atoms with Crippen LogP contribution in [-0.2, 0) is 20.9 Å². The van der Waals surface area contributed by atoms with Gasteiger partial charge in [-0.1, -0.05) is 0 Å². The maximum atomic E-state index is 13.4. The molecule has 116 valence electrons. The van der Waals surface area contributed by atoms with E-state index in [0.717, 1.165) is 16.8 Å². The van der Waals surface area contributed by atoms with Crippen LogP contribution in [0, 0.1) is 11.6 Å². The molecule has 1 N–H and O–H groups in total. The summed E-state index contributed by atoms with van der Waals surface area (Å²) in [7, 11) is 0. The highest BCUT2D eigenvalue weighted by molar-refractivity contribution is 5.95. The maximum absolute atomic E-state index is 13.4. The summed E-state index contributed by atoms with van der Waals surface area (Å²) in [5.74, 6) is -3.19. The molecule has 8 nitrogen and oxygen atoms in total. The molecule has 0 bridgehead atoms. The van der Waals surface area contributed by atoms with Crippen LogP contribution in [0.15, 0.2) is 24.5 Å². The van der Waals surface area contributed by atoms with Crippen LogP contribution in [0.1, 0.15) is 6.92 Å². The second kappa shape index (κ2) is 6.70. The van der Waals surface area contributed by atoms with Gasteiger partial charge in [0, 0.05) is 6.07 Å². The molecule has 22 heavy (non-hydrogen) atoms. The zero-order valence-corrected chi connectivity index (χ0v) is 11.4. The van der Waals surface area contributed by atoms with Gasteiger partial charge < -0.3 is 10.1 Å². The van der Waals surface area contributed by atoms with Gasteiger partial charge in [0.2, 0.25) is 0 Å². The van der Waals surface area contributed by atoms with Gasteiger partial charge in [0.25, 0.3) is 5.91 Å². The molecule has 1 aromatic carbocycles. The largest absolute Gasteiger partial charge is 0.451 e. The number of rotatable bonds is 5. The zero-order valence-electron chi connectivity index (χ0n) is 11.4. The minimum atomic E-state index is -1.17. The average molecular weight is 311 g/mol. The molecule has 0 spiro atoms. The highest BCUT2D eigenvalue weighted by Crippen LogP contribution is 2.15. The topological polar surface area (TPSA) is 99.0 Å². The van der Waals surface area contributed by atoms with Crippen LogP contribution in [0.25, 0.3) is 0 Å². The number of nitrogens with zero attached hydrogens (tertiary/aromatic N) is 4. The molecular weight excluding hydrogens is 300 g/mol. The van der Waals surface area contributed by atoms with E-state index in [-0.39, 0.29) is 12.2 Å². The Labute approximate surface area is 123 Å². The second-order valence-electron chi connectivity index (χ2n) is 4.25. The van der Waals surface area contributed by atoms with E-state index in [2.05, 4.69) is 20.8 Å². The van der Waals surface area contributed by atoms with E-state index in [9.17, 15) is 18.4 Å². The molecule has 0 aliphatic heterocycles. The number of anilines is 1. The number of esters is 1. The summed E-state index contributed by atoms with van der Waals surface area (Å²) in [6, 6.07) is 2.69. The SMILES string of the molecule is C[C@@H](OC(=O)Cn1cnnn1)C(=O)Nc1ccc(F)cc1F. The molecule has 0 fully saturated rings. The van der Waals surface area contributed by atoms with Crippen LogP contribution in [0.5, 0.6) is 0 Å². The van der Waals surface area contributed by atoms with Gasteiger partial charge in [-0.25, -0.2) is 13.5 Å². The number of hydrogen-bond donors (Lipinski definition) is 1. The van der Waals surface area contributed by atoms with E-state index in [1.54, 1.807) is 0 Å². The summed E-state index contributed by atoms with van der Waals surface area (Å²) in [4.78, 5) is 23.3. The number of nitrogens with one attached hydrogen (secondary N) is 1. The number of benzene rings is 1. The molecule has 0 aliphatic carbocycles. The van der Waals surface area contributed by atoms with E-state index < -0.39 is 29.6 Å². The molecular formula is C12H11F2N5O3. The number of ether oxygens (including phenoxy) is 1. The Balaban J connectivity index is 1.90. The first kappa shape index (κ1) is 15.5. The van der Waals surface area contributed by atoms with Crippen molar-refractivity contribution in [3.63, 3.8) is 0 Å². The van der Waals surface area contributed by atoms with Crippen molar-refractivity contribution in [1.29, 1.82) is 0 Å². The number of amides is 1. The second-order valence-corrected chi connectivity index (χ2v) is 4.25. The molecule has 0 saturated heterocycles. The first-order valence-corrected chi connectivity index (χ1v) is 6.12. The van der Waals surface area contributed by atoms with Crippen molar-refractivity contribution in [3.8, 4) is 0 Å². The summed E-state index contributed by atoms with van der Waals surface area (Å²) >= 11 is 0. The summed E-state index contributed by atoms with van der Waals surface area (Å²) in [5, 5.41) is 12.3. The molecule has 1 atom stereocenters. The van der Waals surface area contributed by atoms with Gasteiger partial charge in [-0.3, -0.25) is 9.59 Å². The molecule has 0 aliphatic rings. The summed E-state index contributed by atoms with van der Waals surface area (Å²) in [6.45, 7) is 1.05. The van der Waals surface area contributed by atoms with Crippen LogP contribution in [-0.4, -0.2) is 38.2 Å². The van der Waals surface area contributed by atoms with Gasteiger partial charge in [-0.15, -0.1) is 5.10 Å². The Bertz CT molecular complexity index is 677. The van der Waals surface area contributed by atoms with E-state index in [1.807, 2.05) is 0 Å². The quantitative estimate of drug-likeness (QED) is 0.808. The number of carbonyl (C=O) groups is 2. The van der Waals surface area contributed by atoms with Crippen molar-refractivity contribution in [1.82, 2.24) is 20.2 Å². The average Bonchev–Trinajstić information content (AvgIpc) is 2.94. The molecule has 1 amide bonds. The number of tetrazole rings is 1. The molecule has 2 rings (SSSR count). The third kappa shape index (κ3) is 4.04. The Morgan fingerprint density at radius 1 is 1.41 bits per heavy atom. The Kier molecular flexibility index (Phi) is 4.71. The summed E-state index contributed by atoms with van der Waals surface area (Å²) in [5.41, 5.74) is -0.213. The monoisotopic (exact) mass is 311 g/mol. The standard InChI is InChI=1S/C12H11F2N5O3/c1-7(22-11(20)5-19-6-15-17-18-19)12(21)16-10-3-2-8(13)4-9(10)14/h2-4,6-7H,5H2,1H3,(H,16,21)/t7-/m1/s1. The zero-order chi connectivity index (χ0) is 16.1. The van der Waals surface area contributed by atoms with Crippen molar-refractivity contribution >= 4 is 17.6 Å². The van der Waals surface area contributed by atoms with E-state index >= 15 is 0 Å². The molecule has 0 unspecified atom stereocenters. The van der Waals surface area contributed by atoms with Crippen LogP contribution >= 0.6 is 0 Å². The fraction of sp³-hybridized carbons (Fsp3) is 0.250. The van der Waals surface area contributed by atoms with E-state index in [1.165, 1.54) is 13.3 Å². The number of hydrogen-bond acceptors (Lipinski definition) is 6. The lowest BCUT2D eigenvalue weighted by molar-refractivity contribution is -0.153. The van der Waals surface area contributed by atoms with Gasteiger partial charge >= 0.3 is 5.97 Å². The Morgan fingerprint density at radius 3 is 2.82 bits per heavy atom. The number of carbonyl (C=O) groups excluding carboxylic acids is 2. The van der Waals surface area contributed by atoms with Gasteiger partial charge in [0.1, 0.15) is 24.5 Å². The first-order chi connectivity index (χ1) is 10.5. The van der Waals surface area contributed by atoms with Crippen LogP contribution in [0.4, 0.5) is 14.5 Å². The van der Waals surface area contributed by atoms with Crippen molar-refractivity contribution in [3.05, 3.63) is 36.2 Å². The summed E-state index contributed by atoms with van der Waals surface area (Å²) in [6.07, 6.45) is 0.0355. The van der Waals surface area contributed by atoms with Crippen molar-refractivity contribution in [2.45, 2.75) is 19.6 Å². The highest BCUT2D eigenvalue weighted by Gasteiger charge is 2.19. The molecule has 0 radical (unpaired) electrons. The van der Waals surface area contributed by atoms with Crippen LogP contribution in [0.3, 0.4) is 0 Å². The van der Waals surface area contributed by atoms with Crippen molar-refractivity contribution in [2.75, 3.05) is 5.32 Å². The van der Waals surface area contributed by atoms with Crippen molar-refractivity contribution < 1.29 is 23.1 Å². The lowest BCUT2D eigenvalue weighted by Crippen LogP contribution is -2.31. The van der Waals surface area contributed by atoms with Gasteiger partial charge in [0.15, 0.2) is 6.10 Å². The van der Waals surface area contributed by atoms with E-state index in [4.69, 9.17) is 4.74 Å². The van der Waals surface area contributed by atoms with Gasteiger partial charge in [0.05, 0.1) is 5.69 Å². The Morgan fingerprint density at radius 2 is 2.18 bits per heavy atom. The normalized spacial score (nSPS) is 11.8. The first-order valence-electron chi connectivity index (χ1n) is 6.12. The lowest BCUT2D eigenvalue weighted by atomic mass is 10.2. The van der Waals surface area contributed by atoms with Crippen LogP contribution < -0.4 is 5.32 Å². The minimum absolute atomic E-state index is 0.213. The fourth-order valence-corrected chi connectivity index (χ4v) is 1.50. The third-order valence-corrected chi connectivity index (χ3v) is 2.55. The molecule has 1 aromatic heterocycles. The highest BCUT2D eigenvalue weighted by atomic mass is 19.1. The fourth-order valence-electron chi connectivity index (χ4n) is 1.50. The predicted molar refractivity (Wildman–Crippen MR) is 68.4 cm³/mol.